The molecule has 0 saturated heterocycles. The first-order valence-electron chi connectivity index (χ1n) is 16.3. The number of hydrogen-bond donors (Lipinski definition) is 0. The van der Waals surface area contributed by atoms with Gasteiger partial charge in [-0.2, -0.15) is 9.15 Å². The molecule has 0 aliphatic heterocycles. The summed E-state index contributed by atoms with van der Waals surface area (Å²) in [5.41, 5.74) is 9.21. The van der Waals surface area contributed by atoms with Gasteiger partial charge >= 0.3 is 0 Å². The van der Waals surface area contributed by atoms with E-state index in [-0.39, 0.29) is 0 Å². The average Bonchev–Trinajstić information content (AvgIpc) is 3.17. The van der Waals surface area contributed by atoms with Crippen LogP contribution >= 0.6 is 0 Å². The van der Waals surface area contributed by atoms with Gasteiger partial charge in [-0.15, -0.1) is 0 Å². The van der Waals surface area contributed by atoms with Crippen molar-refractivity contribution in [2.75, 3.05) is 14.1 Å². The summed E-state index contributed by atoms with van der Waals surface area (Å²) in [6.07, 6.45) is 4.37. The minimum Gasteiger partial charge on any atom is -0.316 e. The van der Waals surface area contributed by atoms with Gasteiger partial charge in [0.25, 0.3) is 0 Å². The molecule has 0 aliphatic carbocycles. The third kappa shape index (κ3) is 5.33. The van der Waals surface area contributed by atoms with Crippen molar-refractivity contribution in [3.8, 4) is 22.5 Å². The van der Waals surface area contributed by atoms with Gasteiger partial charge in [0, 0.05) is 60.2 Å². The second kappa shape index (κ2) is 12.5. The Morgan fingerprint density at radius 1 is 0.375 bits per heavy atom. The highest BCUT2D eigenvalue weighted by molar-refractivity contribution is 5.82. The molecule has 48 heavy (non-hydrogen) atoms. The Kier molecular flexibility index (Phi) is 7.60. The minimum atomic E-state index is 1.12. The van der Waals surface area contributed by atoms with Crippen molar-refractivity contribution in [2.24, 2.45) is 0 Å². The molecule has 0 bridgehead atoms. The van der Waals surface area contributed by atoms with Gasteiger partial charge in [-0.05, 0) is 59.7 Å². The van der Waals surface area contributed by atoms with E-state index in [9.17, 15) is 0 Å². The summed E-state index contributed by atoms with van der Waals surface area (Å²) in [4.78, 5) is 0. The summed E-state index contributed by atoms with van der Waals surface area (Å²) in [5, 5.41) is 4.73. The first kappa shape index (κ1) is 29.2. The second-order valence-corrected chi connectivity index (χ2v) is 12.1. The summed E-state index contributed by atoms with van der Waals surface area (Å²) in [6.45, 7) is 0. The maximum Gasteiger partial charge on any atom is 0.216 e. The van der Waals surface area contributed by atoms with Crippen LogP contribution < -0.4 is 19.9 Å². The van der Waals surface area contributed by atoms with Gasteiger partial charge in [0.05, 0.1) is 21.8 Å². The lowest BCUT2D eigenvalue weighted by atomic mass is 10.0. The van der Waals surface area contributed by atoms with E-state index in [0.717, 1.165) is 33.8 Å². The smallest absolute Gasteiger partial charge is 0.216 e. The maximum absolute atomic E-state index is 2.29. The molecule has 4 heteroatoms. The van der Waals surface area contributed by atoms with Crippen molar-refractivity contribution in [3.05, 3.63) is 193 Å². The zero-order valence-corrected chi connectivity index (χ0v) is 27.1. The zero-order valence-electron chi connectivity index (χ0n) is 27.1. The molecule has 0 unspecified atom stereocenters. The quantitative estimate of drug-likeness (QED) is 0.171. The van der Waals surface area contributed by atoms with Crippen LogP contribution in [-0.4, -0.2) is 23.2 Å². The topological polar surface area (TPSA) is 15.9 Å². The first-order chi connectivity index (χ1) is 23.7. The molecule has 0 amide bonds. The van der Waals surface area contributed by atoms with E-state index in [1.165, 1.54) is 32.6 Å². The van der Waals surface area contributed by atoms with Gasteiger partial charge in [-0.1, -0.05) is 84.9 Å². The summed E-state index contributed by atoms with van der Waals surface area (Å²) >= 11 is 0. The molecule has 0 spiro atoms. The second-order valence-electron chi connectivity index (χ2n) is 12.1. The van der Waals surface area contributed by atoms with Crippen LogP contribution in [0.3, 0.4) is 0 Å². The molecule has 0 saturated carbocycles. The molecule has 0 fully saturated rings. The predicted molar refractivity (Wildman–Crippen MR) is 200 cm³/mol. The Bertz CT molecular complexity index is 2390. The van der Waals surface area contributed by atoms with Crippen molar-refractivity contribution < 1.29 is 0 Å². The maximum atomic E-state index is 2.29. The number of fused-ring (bicyclic) bond motifs is 2. The Hall–Kier alpha value is -6.26. The number of nitrogens with zero attached hydrogens (tertiary/aromatic N) is 4. The molecule has 0 aliphatic rings. The summed E-state index contributed by atoms with van der Waals surface area (Å²) in [7, 11) is 4.26. The number of pyridine rings is 2. The Morgan fingerprint density at radius 3 is 1.21 bits per heavy atom. The molecule has 2 heterocycles. The highest BCUT2D eigenvalue weighted by atomic mass is 15.0. The fraction of sp³-hybridized carbons (Fsp3) is 0.0455. The Labute approximate surface area is 280 Å². The van der Waals surface area contributed by atoms with Crippen LogP contribution in [0.2, 0.25) is 0 Å². The van der Waals surface area contributed by atoms with Crippen LogP contribution in [0.4, 0.5) is 11.4 Å². The Balaban J connectivity index is 1.22. The van der Waals surface area contributed by atoms with Crippen molar-refractivity contribution in [1.29, 1.82) is 0 Å². The van der Waals surface area contributed by atoms with Gasteiger partial charge in [0.2, 0.25) is 22.1 Å². The number of rotatable bonds is 5. The van der Waals surface area contributed by atoms with Gasteiger partial charge < -0.3 is 9.13 Å². The van der Waals surface area contributed by atoms with Gasteiger partial charge in [0.1, 0.15) is 14.1 Å². The summed E-state index contributed by atoms with van der Waals surface area (Å²) < 4.78 is 9.08. The fourth-order valence-corrected chi connectivity index (χ4v) is 6.72. The number of benzene rings is 6. The Morgan fingerprint density at radius 2 is 0.771 bits per heavy atom. The van der Waals surface area contributed by atoms with E-state index in [4.69, 9.17) is 0 Å². The molecule has 2 aromatic heterocycles. The average molecular weight is 621 g/mol. The van der Waals surface area contributed by atoms with Crippen LogP contribution in [0.25, 0.3) is 44.3 Å². The molecule has 6 aromatic carbocycles. The molecular weight excluding hydrogens is 585 g/mol. The number of aromatic nitrogens is 2. The molecule has 0 N–H and O–H groups in total. The molecule has 4 nitrogen and oxygen atoms in total. The van der Waals surface area contributed by atoms with Crippen molar-refractivity contribution >= 4 is 33.2 Å². The van der Waals surface area contributed by atoms with Crippen molar-refractivity contribution in [1.82, 2.24) is 18.3 Å². The van der Waals surface area contributed by atoms with E-state index in [2.05, 4.69) is 215 Å². The normalized spacial score (nSPS) is 12.6. The fourth-order valence-electron chi connectivity index (χ4n) is 6.72. The van der Waals surface area contributed by atoms with Crippen LogP contribution in [0.15, 0.2) is 182 Å². The highest BCUT2D eigenvalue weighted by Gasteiger charge is 2.13. The summed E-state index contributed by atoms with van der Waals surface area (Å²) in [5.74, 6) is 0. The van der Waals surface area contributed by atoms with E-state index >= 15 is 0 Å². The number of hydrogen-bond acceptors (Lipinski definition) is 0. The minimum absolute atomic E-state index is 1.12. The third-order valence-corrected chi connectivity index (χ3v) is 9.23. The largest absolute Gasteiger partial charge is 0.316 e. The van der Waals surface area contributed by atoms with Gasteiger partial charge in [-0.3, -0.25) is 0 Å². The molecular formula is C44H36N4+2. The lowest BCUT2D eigenvalue weighted by Crippen LogP contribution is -2.23. The highest BCUT2D eigenvalue weighted by Crippen LogP contribution is 2.27. The van der Waals surface area contributed by atoms with Crippen LogP contribution in [0.1, 0.15) is 0 Å². The van der Waals surface area contributed by atoms with Crippen molar-refractivity contribution in [3.63, 3.8) is 0 Å². The van der Waals surface area contributed by atoms with E-state index in [1.54, 1.807) is 0 Å². The van der Waals surface area contributed by atoms with Gasteiger partial charge in [-0.25, -0.2) is 0 Å². The monoisotopic (exact) mass is 620 g/mol. The lowest BCUT2D eigenvalue weighted by molar-refractivity contribution is 0.896. The molecule has 230 valence electrons. The van der Waals surface area contributed by atoms with Gasteiger partial charge in [0.15, 0.2) is 0 Å². The molecule has 0 radical (unpaired) electrons. The SMILES string of the molecule is C[N+](c1ccccc1)=c1ccn(-c2cccc(-c3cccc(-n4ccc(=[N+](C)c5ccccc5)c5ccccc54)c3)c2)c2ccccc12. The number of para-hydroxylation sites is 4. The molecule has 8 rings (SSSR count). The first-order valence-corrected chi connectivity index (χ1v) is 16.3. The molecule has 8 aromatic rings. The standard InChI is InChI=1S/C44H36N4/c1-45(35-17-5-3-6-18-35)41-27-29-47(43-25-11-9-23-39(41)43)37-21-13-15-33(31-37)34-16-14-22-38(32-34)48-30-28-42(40-24-10-12-26-44(40)48)46(2)36-19-7-4-8-20-36/h3-32H,1-2H3/q+2. The zero-order chi connectivity index (χ0) is 32.5. The predicted octanol–water partition coefficient (Wildman–Crippen LogP) is 8.71. The van der Waals surface area contributed by atoms with Crippen LogP contribution in [0, 0.1) is 0 Å². The van der Waals surface area contributed by atoms with Crippen LogP contribution in [-0.2, 0) is 0 Å². The van der Waals surface area contributed by atoms with E-state index < -0.39 is 0 Å². The lowest BCUT2D eigenvalue weighted by Gasteiger charge is -2.14. The van der Waals surface area contributed by atoms with E-state index in [0.29, 0.717) is 0 Å². The summed E-state index contributed by atoms with van der Waals surface area (Å²) in [6, 6.07) is 60.4. The van der Waals surface area contributed by atoms with Crippen molar-refractivity contribution in [2.45, 2.75) is 0 Å². The third-order valence-electron chi connectivity index (χ3n) is 9.23. The van der Waals surface area contributed by atoms with E-state index in [1.807, 2.05) is 0 Å². The molecule has 0 atom stereocenters. The van der Waals surface area contributed by atoms with Crippen LogP contribution in [0.5, 0.6) is 0 Å².